The van der Waals surface area contributed by atoms with E-state index < -0.39 is 19.2 Å². The van der Waals surface area contributed by atoms with E-state index in [9.17, 15) is 19.1 Å². The lowest BCUT2D eigenvalue weighted by Crippen LogP contribution is -2.24. The molecule has 0 heterocycles. The summed E-state index contributed by atoms with van der Waals surface area (Å²) in [5.41, 5.74) is -1.29. The maximum atomic E-state index is 11.8. The van der Waals surface area contributed by atoms with E-state index in [1.54, 1.807) is 0 Å². The van der Waals surface area contributed by atoms with Crippen molar-refractivity contribution in [2.45, 2.75) is 77.3 Å². The average molecular weight is 308 g/mol. The summed E-state index contributed by atoms with van der Waals surface area (Å²) in [6.07, 6.45) is 7.72. The van der Waals surface area contributed by atoms with Crippen molar-refractivity contribution in [2.24, 2.45) is 0 Å². The Bertz CT molecular complexity index is 300. The van der Waals surface area contributed by atoms with E-state index in [1.807, 2.05) is 6.92 Å². The van der Waals surface area contributed by atoms with Crippen LogP contribution in [-0.4, -0.2) is 28.0 Å². The van der Waals surface area contributed by atoms with Gasteiger partial charge in [0.05, 0.1) is 6.61 Å². The Morgan fingerprint density at radius 2 is 1.55 bits per heavy atom. The molecule has 0 saturated carbocycles. The van der Waals surface area contributed by atoms with Crippen molar-refractivity contribution in [2.75, 3.05) is 6.61 Å². The molecule has 2 N–H and O–H groups in total. The molecule has 0 spiro atoms. The van der Waals surface area contributed by atoms with Gasteiger partial charge >= 0.3 is 13.6 Å². The van der Waals surface area contributed by atoms with Crippen molar-refractivity contribution in [1.29, 1.82) is 0 Å². The molecule has 20 heavy (non-hydrogen) atoms. The number of ether oxygens (including phenoxy) is 1. The van der Waals surface area contributed by atoms with Gasteiger partial charge in [-0.25, -0.2) is 0 Å². The lowest BCUT2D eigenvalue weighted by Gasteiger charge is -2.17. The molecule has 0 radical (unpaired) electrons. The highest BCUT2D eigenvalue weighted by Gasteiger charge is 2.36. The molecule has 0 bridgehead atoms. The van der Waals surface area contributed by atoms with Crippen LogP contribution in [0.15, 0.2) is 0 Å². The zero-order valence-electron chi connectivity index (χ0n) is 12.7. The first kappa shape index (κ1) is 19.6. The summed E-state index contributed by atoms with van der Waals surface area (Å²) in [5, 5.41) is 0. The van der Waals surface area contributed by atoms with Crippen LogP contribution in [0.2, 0.25) is 0 Å². The van der Waals surface area contributed by atoms with Crippen molar-refractivity contribution in [3.63, 3.8) is 0 Å². The Morgan fingerprint density at radius 1 is 1.00 bits per heavy atom. The number of carbonyl (C=O) groups excluding carboxylic acids is 1. The molecule has 0 aliphatic carbocycles. The normalized spacial score (nSPS) is 13.2. The molecule has 0 amide bonds. The van der Waals surface area contributed by atoms with Crippen LogP contribution in [0.1, 0.15) is 71.6 Å². The van der Waals surface area contributed by atoms with E-state index in [4.69, 9.17) is 4.74 Å². The van der Waals surface area contributed by atoms with Crippen LogP contribution in [-0.2, 0) is 14.1 Å². The standard InChI is InChI=1S/C14H29O5P/c1-3-5-7-8-9-11-13(20(16,17)18)14(15)19-12-10-6-4-2/h13H,3-12H2,1-2H3,(H2,16,17,18). The van der Waals surface area contributed by atoms with E-state index in [-0.39, 0.29) is 13.0 Å². The third-order valence-electron chi connectivity index (χ3n) is 3.25. The van der Waals surface area contributed by atoms with Crippen molar-refractivity contribution >= 4 is 13.6 Å². The van der Waals surface area contributed by atoms with Gasteiger partial charge in [-0.2, -0.15) is 0 Å². The molecule has 120 valence electrons. The highest BCUT2D eigenvalue weighted by molar-refractivity contribution is 7.53. The molecule has 0 rings (SSSR count). The molecular weight excluding hydrogens is 279 g/mol. The summed E-state index contributed by atoms with van der Waals surface area (Å²) in [4.78, 5) is 30.3. The SMILES string of the molecule is CCCCCCCC(C(=O)OCCCCC)P(=O)(O)O. The third-order valence-corrected chi connectivity index (χ3v) is 4.53. The minimum atomic E-state index is -4.42. The third kappa shape index (κ3) is 9.51. The Hall–Kier alpha value is -0.380. The monoisotopic (exact) mass is 308 g/mol. The van der Waals surface area contributed by atoms with Gasteiger partial charge in [-0.1, -0.05) is 58.8 Å². The van der Waals surface area contributed by atoms with Crippen molar-refractivity contribution in [3.05, 3.63) is 0 Å². The number of esters is 1. The molecule has 0 fully saturated rings. The minimum Gasteiger partial charge on any atom is -0.465 e. The Kier molecular flexibility index (Phi) is 11.1. The summed E-state index contributed by atoms with van der Waals surface area (Å²) in [7, 11) is -4.42. The van der Waals surface area contributed by atoms with Gasteiger partial charge in [0.1, 0.15) is 0 Å². The van der Waals surface area contributed by atoms with Gasteiger partial charge in [0.15, 0.2) is 5.66 Å². The van der Waals surface area contributed by atoms with Gasteiger partial charge in [0, 0.05) is 0 Å². The molecule has 0 aliphatic heterocycles. The fourth-order valence-corrected chi connectivity index (χ4v) is 2.85. The highest BCUT2D eigenvalue weighted by Crippen LogP contribution is 2.44. The zero-order chi connectivity index (χ0) is 15.4. The number of hydrogen-bond acceptors (Lipinski definition) is 3. The molecule has 1 atom stereocenters. The van der Waals surface area contributed by atoms with Crippen LogP contribution in [0, 0.1) is 0 Å². The second-order valence-electron chi connectivity index (χ2n) is 5.18. The molecule has 1 unspecified atom stereocenters. The fourth-order valence-electron chi connectivity index (χ4n) is 1.99. The predicted octanol–water partition coefficient (Wildman–Crippen LogP) is 3.63. The molecule has 5 nitrogen and oxygen atoms in total. The second-order valence-corrected chi connectivity index (χ2v) is 6.98. The van der Waals surface area contributed by atoms with Crippen LogP contribution in [0.3, 0.4) is 0 Å². The fraction of sp³-hybridized carbons (Fsp3) is 0.929. The first-order chi connectivity index (χ1) is 9.43. The Morgan fingerprint density at radius 3 is 2.10 bits per heavy atom. The smallest absolute Gasteiger partial charge is 0.339 e. The highest BCUT2D eigenvalue weighted by atomic mass is 31.2. The number of unbranched alkanes of at least 4 members (excludes halogenated alkanes) is 6. The van der Waals surface area contributed by atoms with Gasteiger partial charge in [-0.15, -0.1) is 0 Å². The molecule has 0 aromatic carbocycles. The molecule has 0 saturated heterocycles. The average Bonchev–Trinajstić information content (AvgIpc) is 2.37. The van der Waals surface area contributed by atoms with Crippen LogP contribution in [0.5, 0.6) is 0 Å². The summed E-state index contributed by atoms with van der Waals surface area (Å²) in [5.74, 6) is -0.745. The second kappa shape index (κ2) is 11.3. The van der Waals surface area contributed by atoms with Crippen molar-refractivity contribution < 1.29 is 23.9 Å². The topological polar surface area (TPSA) is 83.8 Å². The van der Waals surface area contributed by atoms with E-state index >= 15 is 0 Å². The first-order valence-electron chi connectivity index (χ1n) is 7.65. The zero-order valence-corrected chi connectivity index (χ0v) is 13.6. The van der Waals surface area contributed by atoms with Gasteiger partial charge < -0.3 is 14.5 Å². The van der Waals surface area contributed by atoms with Gasteiger partial charge in [0.2, 0.25) is 0 Å². The summed E-state index contributed by atoms with van der Waals surface area (Å²) >= 11 is 0. The largest absolute Gasteiger partial charge is 0.465 e. The maximum absolute atomic E-state index is 11.8. The van der Waals surface area contributed by atoms with E-state index in [0.29, 0.717) is 6.42 Å². The first-order valence-corrected chi connectivity index (χ1v) is 9.33. The predicted molar refractivity (Wildman–Crippen MR) is 79.7 cm³/mol. The van der Waals surface area contributed by atoms with Gasteiger partial charge in [-0.05, 0) is 12.8 Å². The number of rotatable bonds is 12. The molecule has 0 aliphatic rings. The van der Waals surface area contributed by atoms with E-state index in [1.165, 1.54) is 0 Å². The van der Waals surface area contributed by atoms with E-state index in [2.05, 4.69) is 6.92 Å². The molecule has 6 heteroatoms. The lowest BCUT2D eigenvalue weighted by atomic mass is 10.1. The summed E-state index contributed by atoms with van der Waals surface area (Å²) in [6, 6.07) is 0. The van der Waals surface area contributed by atoms with Crippen LogP contribution >= 0.6 is 7.60 Å². The van der Waals surface area contributed by atoms with Crippen LogP contribution in [0.4, 0.5) is 0 Å². The minimum absolute atomic E-state index is 0.209. The maximum Gasteiger partial charge on any atom is 0.339 e. The molecule has 0 aromatic rings. The Balaban J connectivity index is 4.14. The lowest BCUT2D eigenvalue weighted by molar-refractivity contribution is -0.143. The summed E-state index contributed by atoms with van der Waals surface area (Å²) in [6.45, 7) is 4.39. The van der Waals surface area contributed by atoms with Gasteiger partial charge in [-0.3, -0.25) is 9.36 Å². The molecular formula is C14H29O5P. The number of carbonyl (C=O) groups is 1. The Labute approximate surface area is 122 Å². The van der Waals surface area contributed by atoms with Crippen molar-refractivity contribution in [3.8, 4) is 0 Å². The number of hydrogen-bond donors (Lipinski definition) is 2. The molecule has 0 aromatic heterocycles. The quantitative estimate of drug-likeness (QED) is 0.327. The van der Waals surface area contributed by atoms with Crippen LogP contribution < -0.4 is 0 Å². The van der Waals surface area contributed by atoms with Crippen LogP contribution in [0.25, 0.3) is 0 Å². The van der Waals surface area contributed by atoms with Gasteiger partial charge in [0.25, 0.3) is 0 Å². The van der Waals surface area contributed by atoms with Crippen molar-refractivity contribution in [1.82, 2.24) is 0 Å². The summed E-state index contributed by atoms with van der Waals surface area (Å²) < 4.78 is 16.4. The van der Waals surface area contributed by atoms with E-state index in [0.717, 1.165) is 44.9 Å².